The Kier molecular flexibility index (Phi) is 1.89. The van der Waals surface area contributed by atoms with Gasteiger partial charge in [-0.3, -0.25) is 0 Å². The Bertz CT molecular complexity index is 117. The van der Waals surface area contributed by atoms with Crippen LogP contribution in [0.15, 0.2) is 0 Å². The minimum atomic E-state index is 0.733. The lowest BCUT2D eigenvalue weighted by Gasteiger charge is -2.11. The van der Waals surface area contributed by atoms with Gasteiger partial charge in [0, 0.05) is 25.2 Å². The maximum absolute atomic E-state index is 4.28. The van der Waals surface area contributed by atoms with Gasteiger partial charge in [-0.2, -0.15) is 12.6 Å². The summed E-state index contributed by atoms with van der Waals surface area (Å²) in [5, 5.41) is 7.02. The summed E-state index contributed by atoms with van der Waals surface area (Å²) in [5.41, 5.74) is 0. The molecule has 2 fully saturated rings. The first kappa shape index (κ1) is 6.95. The predicted octanol–water partition coefficient (Wildman–Crippen LogP) is -0.134. The van der Waals surface area contributed by atoms with Gasteiger partial charge in [-0.1, -0.05) is 0 Å². The minimum absolute atomic E-state index is 0.733. The molecule has 10 heavy (non-hydrogen) atoms. The number of thiol groups is 1. The standard InChI is InChI=1S/C7H14N2S/c10-4-5-2-8-6-1-7(6)9-3-5/h5-10H,1-4H2/t5-,6+,7-. The predicted molar refractivity (Wildman–Crippen MR) is 45.5 cm³/mol. The van der Waals surface area contributed by atoms with Crippen LogP contribution in [0.25, 0.3) is 0 Å². The molecule has 0 bridgehead atoms. The summed E-state index contributed by atoms with van der Waals surface area (Å²) in [6.07, 6.45) is 1.33. The molecule has 0 amide bonds. The molecule has 0 radical (unpaired) electrons. The van der Waals surface area contributed by atoms with Gasteiger partial charge in [0.2, 0.25) is 0 Å². The van der Waals surface area contributed by atoms with Crippen molar-refractivity contribution < 1.29 is 0 Å². The Morgan fingerprint density at radius 3 is 2.30 bits per heavy atom. The van der Waals surface area contributed by atoms with E-state index in [9.17, 15) is 0 Å². The molecule has 0 aromatic heterocycles. The molecule has 1 aliphatic heterocycles. The van der Waals surface area contributed by atoms with Gasteiger partial charge >= 0.3 is 0 Å². The van der Waals surface area contributed by atoms with Crippen molar-refractivity contribution in [2.75, 3.05) is 18.8 Å². The second-order valence-electron chi connectivity index (χ2n) is 3.31. The molecule has 2 N–H and O–H groups in total. The van der Waals surface area contributed by atoms with Crippen LogP contribution in [0, 0.1) is 5.92 Å². The lowest BCUT2D eigenvalue weighted by atomic mass is 10.2. The fourth-order valence-corrected chi connectivity index (χ4v) is 1.74. The van der Waals surface area contributed by atoms with E-state index in [2.05, 4.69) is 23.3 Å². The summed E-state index contributed by atoms with van der Waals surface area (Å²) in [7, 11) is 0. The Morgan fingerprint density at radius 2 is 1.80 bits per heavy atom. The van der Waals surface area contributed by atoms with E-state index in [4.69, 9.17) is 0 Å². The van der Waals surface area contributed by atoms with Gasteiger partial charge in [0.15, 0.2) is 0 Å². The van der Waals surface area contributed by atoms with Crippen LogP contribution < -0.4 is 10.6 Å². The number of hydrogen-bond acceptors (Lipinski definition) is 3. The zero-order valence-corrected chi connectivity index (χ0v) is 6.90. The molecule has 0 unspecified atom stereocenters. The van der Waals surface area contributed by atoms with Gasteiger partial charge in [0.05, 0.1) is 0 Å². The number of fused-ring (bicyclic) bond motifs is 1. The SMILES string of the molecule is SC[C@@H]1CN[C@H]2C[C@H]2NC1. The van der Waals surface area contributed by atoms with Crippen LogP contribution in [0.1, 0.15) is 6.42 Å². The topological polar surface area (TPSA) is 24.1 Å². The molecular formula is C7H14N2S. The third-order valence-corrected chi connectivity index (χ3v) is 2.90. The lowest BCUT2D eigenvalue weighted by Crippen LogP contribution is -2.27. The third-order valence-electron chi connectivity index (χ3n) is 2.39. The van der Waals surface area contributed by atoms with E-state index in [0.29, 0.717) is 0 Å². The highest BCUT2D eigenvalue weighted by Gasteiger charge is 2.38. The second kappa shape index (κ2) is 2.72. The zero-order valence-electron chi connectivity index (χ0n) is 6.01. The Morgan fingerprint density at radius 1 is 1.20 bits per heavy atom. The Hall–Kier alpha value is 0.270. The van der Waals surface area contributed by atoms with Crippen LogP contribution in [0.2, 0.25) is 0 Å². The highest BCUT2D eigenvalue weighted by atomic mass is 32.1. The molecule has 2 aliphatic rings. The van der Waals surface area contributed by atoms with E-state index in [1.165, 1.54) is 6.42 Å². The molecule has 2 nitrogen and oxygen atoms in total. The van der Waals surface area contributed by atoms with Gasteiger partial charge in [0.25, 0.3) is 0 Å². The van der Waals surface area contributed by atoms with Crippen LogP contribution in [0.5, 0.6) is 0 Å². The van der Waals surface area contributed by atoms with Crippen LogP contribution in [0.4, 0.5) is 0 Å². The van der Waals surface area contributed by atoms with Crippen molar-refractivity contribution in [3.63, 3.8) is 0 Å². The van der Waals surface area contributed by atoms with Gasteiger partial charge in [0.1, 0.15) is 0 Å². The van der Waals surface area contributed by atoms with E-state index < -0.39 is 0 Å². The summed E-state index contributed by atoms with van der Waals surface area (Å²) < 4.78 is 0. The molecule has 1 heterocycles. The first-order valence-corrected chi connectivity index (χ1v) is 4.61. The maximum atomic E-state index is 4.28. The molecular weight excluding hydrogens is 144 g/mol. The van der Waals surface area contributed by atoms with Crippen LogP contribution >= 0.6 is 12.6 Å². The van der Waals surface area contributed by atoms with Crippen molar-refractivity contribution in [1.29, 1.82) is 0 Å². The largest absolute Gasteiger partial charge is 0.312 e. The van der Waals surface area contributed by atoms with Crippen molar-refractivity contribution in [2.45, 2.75) is 18.5 Å². The van der Waals surface area contributed by atoms with Crippen LogP contribution in [-0.2, 0) is 0 Å². The average molecular weight is 158 g/mol. The van der Waals surface area contributed by atoms with E-state index in [1.54, 1.807) is 0 Å². The molecule has 0 spiro atoms. The first-order chi connectivity index (χ1) is 4.90. The van der Waals surface area contributed by atoms with Crippen LogP contribution in [-0.4, -0.2) is 30.9 Å². The molecule has 58 valence electrons. The Balaban J connectivity index is 1.84. The summed E-state index contributed by atoms with van der Waals surface area (Å²) in [6, 6.07) is 1.56. The Labute approximate surface area is 67.2 Å². The van der Waals surface area contributed by atoms with E-state index in [1.807, 2.05) is 0 Å². The normalized spacial score (nSPS) is 45.9. The van der Waals surface area contributed by atoms with Crippen molar-refractivity contribution in [3.05, 3.63) is 0 Å². The van der Waals surface area contributed by atoms with Gasteiger partial charge < -0.3 is 10.6 Å². The quantitative estimate of drug-likeness (QED) is 0.463. The third kappa shape index (κ3) is 1.31. The van der Waals surface area contributed by atoms with Crippen molar-refractivity contribution >= 4 is 12.6 Å². The summed E-state index contributed by atoms with van der Waals surface area (Å²) in [6.45, 7) is 2.30. The van der Waals surface area contributed by atoms with Crippen molar-refractivity contribution in [1.82, 2.24) is 10.6 Å². The van der Waals surface area contributed by atoms with Crippen LogP contribution in [0.3, 0.4) is 0 Å². The van der Waals surface area contributed by atoms with E-state index >= 15 is 0 Å². The fourth-order valence-electron chi connectivity index (χ4n) is 1.48. The highest BCUT2D eigenvalue weighted by Crippen LogP contribution is 2.23. The number of nitrogens with one attached hydrogen (secondary N) is 2. The monoisotopic (exact) mass is 158 g/mol. The average Bonchev–Trinajstić information content (AvgIpc) is 2.63. The summed E-state index contributed by atoms with van der Waals surface area (Å²) in [5.74, 6) is 1.73. The molecule has 0 aromatic carbocycles. The molecule has 3 atom stereocenters. The first-order valence-electron chi connectivity index (χ1n) is 3.98. The summed E-state index contributed by atoms with van der Waals surface area (Å²) >= 11 is 4.28. The second-order valence-corrected chi connectivity index (χ2v) is 3.68. The van der Waals surface area contributed by atoms with Gasteiger partial charge in [-0.15, -0.1) is 0 Å². The number of hydrogen-bond donors (Lipinski definition) is 3. The van der Waals surface area contributed by atoms with E-state index in [0.717, 1.165) is 36.8 Å². The highest BCUT2D eigenvalue weighted by molar-refractivity contribution is 7.80. The number of rotatable bonds is 1. The van der Waals surface area contributed by atoms with Crippen molar-refractivity contribution in [2.24, 2.45) is 5.92 Å². The zero-order chi connectivity index (χ0) is 6.97. The van der Waals surface area contributed by atoms with Crippen molar-refractivity contribution in [3.8, 4) is 0 Å². The molecule has 1 saturated heterocycles. The minimum Gasteiger partial charge on any atom is -0.312 e. The molecule has 1 saturated carbocycles. The smallest absolute Gasteiger partial charge is 0.0237 e. The van der Waals surface area contributed by atoms with Gasteiger partial charge in [-0.25, -0.2) is 0 Å². The molecule has 3 heteroatoms. The molecule has 0 aromatic rings. The molecule has 2 rings (SSSR count). The van der Waals surface area contributed by atoms with Gasteiger partial charge in [-0.05, 0) is 18.1 Å². The molecule has 1 aliphatic carbocycles. The van der Waals surface area contributed by atoms with E-state index in [-0.39, 0.29) is 0 Å². The lowest BCUT2D eigenvalue weighted by molar-refractivity contribution is 0.523. The maximum Gasteiger partial charge on any atom is 0.0237 e. The summed E-state index contributed by atoms with van der Waals surface area (Å²) in [4.78, 5) is 0. The fraction of sp³-hybridized carbons (Fsp3) is 1.00.